The van der Waals surface area contributed by atoms with Crippen LogP contribution in [-0.2, 0) is 41.0 Å². The number of carbonyl (C=O) groups excluding carboxylic acids is 3. The molecule has 0 fully saturated rings. The van der Waals surface area contributed by atoms with E-state index in [9.17, 15) is 27.4 Å². The van der Waals surface area contributed by atoms with Gasteiger partial charge in [0.05, 0.1) is 48.8 Å². The third-order valence-corrected chi connectivity index (χ3v) is 13.9. The van der Waals surface area contributed by atoms with Gasteiger partial charge in [-0.3, -0.25) is 18.9 Å². The summed E-state index contributed by atoms with van der Waals surface area (Å²) in [6.07, 6.45) is 1.77. The predicted octanol–water partition coefficient (Wildman–Crippen LogP) is 7.52. The van der Waals surface area contributed by atoms with Gasteiger partial charge in [-0.15, -0.1) is 0 Å². The summed E-state index contributed by atoms with van der Waals surface area (Å²) in [4.78, 5) is 46.7. The second-order valence-electron chi connectivity index (χ2n) is 17.6. The predicted molar refractivity (Wildman–Crippen MR) is 256 cm³/mol. The van der Waals surface area contributed by atoms with E-state index >= 15 is 0 Å². The molecule has 17 heteroatoms. The molecular weight excluding hydrogens is 883 g/mol. The van der Waals surface area contributed by atoms with E-state index in [1.807, 2.05) is 67.3 Å². The minimum absolute atomic E-state index is 0.0454. The van der Waals surface area contributed by atoms with E-state index in [1.165, 1.54) is 31.3 Å². The first-order valence-corrected chi connectivity index (χ1v) is 23.6. The molecule has 66 heavy (non-hydrogen) atoms. The van der Waals surface area contributed by atoms with Crippen LogP contribution in [0.25, 0.3) is 0 Å². The number of methoxy groups -OCH3 is 2. The lowest BCUT2D eigenvalue weighted by molar-refractivity contribution is -0.118. The minimum atomic E-state index is -4.71. The molecule has 15 nitrogen and oxygen atoms in total. The van der Waals surface area contributed by atoms with Crippen LogP contribution >= 0.6 is 12.6 Å². The maximum Gasteiger partial charge on any atom is 0.288 e. The van der Waals surface area contributed by atoms with Crippen molar-refractivity contribution in [3.05, 3.63) is 124 Å². The van der Waals surface area contributed by atoms with Gasteiger partial charge in [0.1, 0.15) is 13.2 Å². The van der Waals surface area contributed by atoms with Crippen molar-refractivity contribution in [2.24, 2.45) is 0 Å². The minimum Gasteiger partial charge on any atom is -0.493 e. The van der Waals surface area contributed by atoms with Crippen LogP contribution in [0.5, 0.6) is 23.0 Å². The van der Waals surface area contributed by atoms with Crippen LogP contribution in [0.2, 0.25) is 0 Å². The first-order valence-electron chi connectivity index (χ1n) is 21.6. The van der Waals surface area contributed by atoms with Gasteiger partial charge < -0.3 is 44.3 Å². The normalized spacial score (nSPS) is 18.3. The second-order valence-corrected chi connectivity index (χ2v) is 20.4. The molecule has 3 N–H and O–H groups in total. The zero-order chi connectivity index (χ0) is 46.7. The van der Waals surface area contributed by atoms with E-state index in [2.05, 4.69) is 29.3 Å². The smallest absolute Gasteiger partial charge is 0.288 e. The van der Waals surface area contributed by atoms with Gasteiger partial charge in [0.25, 0.3) is 21.9 Å². The van der Waals surface area contributed by atoms with Crippen LogP contribution in [0, 0.1) is 0 Å². The molecule has 5 aromatic rings. The van der Waals surface area contributed by atoms with E-state index in [1.54, 1.807) is 36.2 Å². The summed E-state index contributed by atoms with van der Waals surface area (Å²) < 4.78 is 60.2. The van der Waals surface area contributed by atoms with Gasteiger partial charge in [-0.25, -0.2) is 0 Å². The maximum absolute atomic E-state index is 14.2. The highest BCUT2D eigenvalue weighted by Gasteiger charge is 2.47. The maximum atomic E-state index is 14.2. The molecule has 0 saturated heterocycles. The van der Waals surface area contributed by atoms with E-state index in [0.717, 1.165) is 23.2 Å². The van der Waals surface area contributed by atoms with E-state index in [0.29, 0.717) is 58.2 Å². The van der Waals surface area contributed by atoms with Crippen LogP contribution in [0.1, 0.15) is 69.7 Å². The number of fused-ring (bicyclic) bond motifs is 8. The van der Waals surface area contributed by atoms with Gasteiger partial charge in [-0.1, -0.05) is 50.2 Å². The molecule has 0 bridgehead atoms. The number of anilines is 5. The quantitative estimate of drug-likeness (QED) is 0.0676. The third kappa shape index (κ3) is 8.58. The average Bonchev–Trinajstić information content (AvgIpc) is 3.80. The van der Waals surface area contributed by atoms with Crippen molar-refractivity contribution in [2.45, 2.75) is 74.9 Å². The van der Waals surface area contributed by atoms with Crippen molar-refractivity contribution in [3.8, 4) is 23.0 Å². The summed E-state index contributed by atoms with van der Waals surface area (Å²) in [6, 6.07) is 26.2. The average molecular weight is 934 g/mol. The van der Waals surface area contributed by atoms with Crippen molar-refractivity contribution >= 4 is 68.9 Å². The number of rotatable bonds is 13. The van der Waals surface area contributed by atoms with Crippen LogP contribution < -0.4 is 44.3 Å². The van der Waals surface area contributed by atoms with Crippen LogP contribution in [0.15, 0.2) is 91.0 Å². The lowest BCUT2D eigenvalue weighted by atomic mass is 10.1. The Bertz CT molecular complexity index is 2880. The molecule has 3 amide bonds. The molecule has 4 heterocycles. The largest absolute Gasteiger partial charge is 0.493 e. The lowest BCUT2D eigenvalue weighted by Gasteiger charge is -2.27. The standard InChI is InChI=1S/C49H51N5O10S2/c1-49(2,65)15-14-45(55)52(3)32-17-28(26-63-43-23-36-34(21-41(43)61-4)47(56)53-33(25-50-36)19-30-10-6-8-12-38(30)53)16-29(18-32)27-64-44-24-37-35(22-42(44)62-5)48(57)54-39-13-9-7-11-31(39)20-40(54)46(51-37)66(58,59)60/h6-13,16-18,21-24,33,40,46,50-51,65H,14-15,19-20,25-27H2,1-5H3,(H,58,59,60)/t33-,40?,46+/m0/s1. The highest BCUT2D eigenvalue weighted by Crippen LogP contribution is 2.44. The third-order valence-electron chi connectivity index (χ3n) is 12.6. The number of nitrogens with one attached hydrogen (secondary N) is 2. The van der Waals surface area contributed by atoms with Crippen LogP contribution in [-0.4, -0.2) is 80.7 Å². The number of thiol groups is 1. The van der Waals surface area contributed by atoms with Crippen molar-refractivity contribution in [2.75, 3.05) is 53.1 Å². The highest BCUT2D eigenvalue weighted by atomic mass is 32.2. The Hall–Kier alpha value is -6.43. The fourth-order valence-electron chi connectivity index (χ4n) is 9.26. The molecule has 0 spiro atoms. The molecule has 0 saturated carbocycles. The summed E-state index contributed by atoms with van der Waals surface area (Å²) in [5, 5.41) is 4.86. The van der Waals surface area contributed by atoms with Gasteiger partial charge >= 0.3 is 0 Å². The van der Waals surface area contributed by atoms with Gasteiger partial charge in [0.2, 0.25) is 5.91 Å². The number of hydrogen-bond donors (Lipinski definition) is 4. The fraction of sp³-hybridized carbons (Fsp3) is 0.327. The number of para-hydroxylation sites is 2. The Balaban J connectivity index is 1.01. The Kier molecular flexibility index (Phi) is 11.8. The Labute approximate surface area is 389 Å². The van der Waals surface area contributed by atoms with Gasteiger partial charge in [-0.2, -0.15) is 21.0 Å². The number of hydrogen-bond acceptors (Lipinski definition) is 12. The zero-order valence-electron chi connectivity index (χ0n) is 37.2. The Morgan fingerprint density at radius 3 is 1.92 bits per heavy atom. The molecule has 3 atom stereocenters. The topological polar surface area (TPSA) is 176 Å². The molecule has 0 aromatic heterocycles. The molecule has 5 aromatic carbocycles. The number of amides is 3. The molecule has 344 valence electrons. The van der Waals surface area contributed by atoms with Crippen molar-refractivity contribution in [3.63, 3.8) is 0 Å². The Morgan fingerprint density at radius 1 is 0.788 bits per heavy atom. The van der Waals surface area contributed by atoms with Gasteiger partial charge in [0.15, 0.2) is 28.4 Å². The monoisotopic (exact) mass is 933 g/mol. The van der Waals surface area contributed by atoms with Crippen molar-refractivity contribution in [1.82, 2.24) is 0 Å². The van der Waals surface area contributed by atoms with Crippen LogP contribution in [0.4, 0.5) is 28.4 Å². The number of ether oxygens (including phenoxy) is 4. The summed E-state index contributed by atoms with van der Waals surface area (Å²) >= 11 is 4.61. The van der Waals surface area contributed by atoms with E-state index < -0.39 is 27.4 Å². The molecule has 0 aliphatic carbocycles. The van der Waals surface area contributed by atoms with E-state index in [4.69, 9.17) is 18.9 Å². The fourth-order valence-corrected chi connectivity index (χ4v) is 10.3. The summed E-state index contributed by atoms with van der Waals surface area (Å²) in [5.74, 6) is 0.483. The summed E-state index contributed by atoms with van der Waals surface area (Å²) in [7, 11) is -0.0545. The number of benzene rings is 5. The molecule has 9 rings (SSSR count). The first-order chi connectivity index (χ1) is 31.5. The van der Waals surface area contributed by atoms with Crippen LogP contribution in [0.3, 0.4) is 0 Å². The van der Waals surface area contributed by atoms with Gasteiger partial charge in [-0.05, 0) is 84.0 Å². The zero-order valence-corrected chi connectivity index (χ0v) is 38.9. The second kappa shape index (κ2) is 17.4. The summed E-state index contributed by atoms with van der Waals surface area (Å²) in [5.41, 5.74) is 6.67. The molecular formula is C49H51N5O10S2. The van der Waals surface area contributed by atoms with Crippen molar-refractivity contribution < 1.29 is 46.3 Å². The number of nitrogens with zero attached hydrogens (tertiary/aromatic N) is 3. The van der Waals surface area contributed by atoms with Crippen molar-refractivity contribution in [1.29, 1.82) is 0 Å². The summed E-state index contributed by atoms with van der Waals surface area (Å²) in [6.45, 7) is 4.45. The highest BCUT2D eigenvalue weighted by molar-refractivity contribution is 7.86. The molecule has 4 aliphatic heterocycles. The van der Waals surface area contributed by atoms with E-state index in [-0.39, 0.29) is 71.4 Å². The first kappa shape index (κ1) is 44.8. The Morgan fingerprint density at radius 2 is 1.33 bits per heavy atom. The molecule has 0 radical (unpaired) electrons. The number of carbonyl (C=O) groups is 3. The molecule has 4 aliphatic rings. The molecule has 1 unspecified atom stereocenters. The SMILES string of the molecule is COc1cc2c(cc1OCc1cc(COc3cc4c(cc3OC)C(=O)N3c5ccccc5C[C@H]3CN4)cc(N(C)C(=O)CCC(C)(C)S)c1)N[C@H](S(=O)(=O)O)C1Cc3ccccc3N1C2=O. The van der Waals surface area contributed by atoms with Gasteiger partial charge in [0, 0.05) is 54.0 Å². The lowest BCUT2D eigenvalue weighted by Crippen LogP contribution is -2.49.